The van der Waals surface area contributed by atoms with E-state index in [1.165, 1.54) is 0 Å². The van der Waals surface area contributed by atoms with Gasteiger partial charge in [0.05, 0.1) is 0 Å². The molecule has 0 aliphatic rings. The van der Waals surface area contributed by atoms with Crippen molar-refractivity contribution in [1.29, 1.82) is 0 Å². The van der Waals surface area contributed by atoms with E-state index in [9.17, 15) is 0 Å². The van der Waals surface area contributed by atoms with Crippen molar-refractivity contribution in [3.8, 4) is 11.5 Å². The maximum atomic E-state index is 5.95. The average molecular weight is 315 g/mol. The molecule has 94 valence electrons. The van der Waals surface area contributed by atoms with Crippen molar-refractivity contribution in [2.24, 2.45) is 0 Å². The fraction of sp³-hybridized carbons (Fsp3) is 0. The van der Waals surface area contributed by atoms with E-state index in [-0.39, 0.29) is 0 Å². The Balaban J connectivity index is 2.06. The molecule has 1 heterocycles. The molecule has 0 radical (unpaired) electrons. The molecule has 3 rings (SSSR count). The van der Waals surface area contributed by atoms with Gasteiger partial charge in [0.2, 0.25) is 0 Å². The number of nitrogen functional groups attached to an aromatic ring is 1. The minimum Gasteiger partial charge on any atom is -0.457 e. The number of pyridine rings is 1. The minimum absolute atomic E-state index is 0.723. The SMILES string of the molecule is Nc1ccc(Oc2ccc(Br)cc2)c2cnccc12. The second kappa shape index (κ2) is 4.90. The first-order valence-electron chi connectivity index (χ1n) is 5.80. The Morgan fingerprint density at radius 3 is 2.53 bits per heavy atom. The van der Waals surface area contributed by atoms with Crippen LogP contribution in [0.3, 0.4) is 0 Å². The monoisotopic (exact) mass is 314 g/mol. The van der Waals surface area contributed by atoms with Crippen LogP contribution >= 0.6 is 15.9 Å². The molecule has 2 N–H and O–H groups in total. The summed E-state index contributed by atoms with van der Waals surface area (Å²) in [5.74, 6) is 1.53. The van der Waals surface area contributed by atoms with Crippen LogP contribution in [0.25, 0.3) is 10.8 Å². The van der Waals surface area contributed by atoms with E-state index >= 15 is 0 Å². The fourth-order valence-electron chi connectivity index (χ4n) is 1.91. The van der Waals surface area contributed by atoms with Crippen molar-refractivity contribution in [1.82, 2.24) is 4.98 Å². The summed E-state index contributed by atoms with van der Waals surface area (Å²) in [6, 6.07) is 13.3. The number of rotatable bonds is 2. The summed E-state index contributed by atoms with van der Waals surface area (Å²) in [5, 5.41) is 1.86. The summed E-state index contributed by atoms with van der Waals surface area (Å²) >= 11 is 3.40. The lowest BCUT2D eigenvalue weighted by molar-refractivity contribution is 0.488. The summed E-state index contributed by atoms with van der Waals surface area (Å²) in [4.78, 5) is 4.13. The van der Waals surface area contributed by atoms with Crippen LogP contribution in [0.2, 0.25) is 0 Å². The highest BCUT2D eigenvalue weighted by Gasteiger charge is 2.06. The molecule has 0 unspecified atom stereocenters. The third-order valence-corrected chi connectivity index (χ3v) is 3.38. The first kappa shape index (κ1) is 12.0. The van der Waals surface area contributed by atoms with Crippen LogP contribution in [0.1, 0.15) is 0 Å². The third kappa shape index (κ3) is 2.39. The van der Waals surface area contributed by atoms with Crippen molar-refractivity contribution < 1.29 is 4.74 Å². The van der Waals surface area contributed by atoms with Crippen LogP contribution in [0.4, 0.5) is 5.69 Å². The topological polar surface area (TPSA) is 48.1 Å². The first-order chi connectivity index (χ1) is 9.24. The van der Waals surface area contributed by atoms with Gasteiger partial charge in [-0.1, -0.05) is 15.9 Å². The standard InChI is InChI=1S/C15H11BrN2O/c16-10-1-3-11(4-2-10)19-15-6-5-14(17)12-7-8-18-9-13(12)15/h1-9H,17H2. The van der Waals surface area contributed by atoms with Crippen LogP contribution in [-0.4, -0.2) is 4.98 Å². The minimum atomic E-state index is 0.723. The Hall–Kier alpha value is -2.07. The van der Waals surface area contributed by atoms with Gasteiger partial charge in [0.1, 0.15) is 11.5 Å². The zero-order valence-corrected chi connectivity index (χ0v) is 11.6. The molecule has 0 fully saturated rings. The number of nitrogens with two attached hydrogens (primary N) is 1. The van der Waals surface area contributed by atoms with Crippen LogP contribution in [-0.2, 0) is 0 Å². The zero-order chi connectivity index (χ0) is 13.2. The van der Waals surface area contributed by atoms with E-state index in [4.69, 9.17) is 10.5 Å². The summed E-state index contributed by atoms with van der Waals surface area (Å²) in [6.07, 6.45) is 3.49. The average Bonchev–Trinajstić information content (AvgIpc) is 2.45. The Labute approximate surface area is 119 Å². The summed E-state index contributed by atoms with van der Waals surface area (Å²) < 4.78 is 6.90. The lowest BCUT2D eigenvalue weighted by atomic mass is 10.1. The molecule has 2 aromatic carbocycles. The van der Waals surface area contributed by atoms with Gasteiger partial charge in [-0.3, -0.25) is 4.98 Å². The van der Waals surface area contributed by atoms with Crippen molar-refractivity contribution in [2.45, 2.75) is 0 Å². The molecule has 1 aromatic heterocycles. The van der Waals surface area contributed by atoms with Crippen molar-refractivity contribution in [2.75, 3.05) is 5.73 Å². The van der Waals surface area contributed by atoms with E-state index in [1.807, 2.05) is 42.5 Å². The Morgan fingerprint density at radius 2 is 1.74 bits per heavy atom. The van der Waals surface area contributed by atoms with Crippen LogP contribution in [0, 0.1) is 0 Å². The molecule has 0 amide bonds. The first-order valence-corrected chi connectivity index (χ1v) is 6.59. The Kier molecular flexibility index (Phi) is 3.09. The lowest BCUT2D eigenvalue weighted by Crippen LogP contribution is -1.91. The van der Waals surface area contributed by atoms with Gasteiger partial charge in [-0.15, -0.1) is 0 Å². The highest BCUT2D eigenvalue weighted by atomic mass is 79.9. The number of benzene rings is 2. The molecular formula is C15H11BrN2O. The normalized spacial score (nSPS) is 10.6. The number of aromatic nitrogens is 1. The van der Waals surface area contributed by atoms with Crippen LogP contribution in [0.15, 0.2) is 59.3 Å². The zero-order valence-electron chi connectivity index (χ0n) is 10.0. The predicted octanol–water partition coefficient (Wildman–Crippen LogP) is 4.37. The second-order valence-electron chi connectivity index (χ2n) is 4.13. The van der Waals surface area contributed by atoms with Gasteiger partial charge in [-0.25, -0.2) is 0 Å². The van der Waals surface area contributed by atoms with Gasteiger partial charge in [-0.05, 0) is 42.5 Å². The molecular weight excluding hydrogens is 304 g/mol. The largest absolute Gasteiger partial charge is 0.457 e. The van der Waals surface area contributed by atoms with Gasteiger partial charge in [0, 0.05) is 33.3 Å². The number of hydrogen-bond acceptors (Lipinski definition) is 3. The maximum absolute atomic E-state index is 5.95. The summed E-state index contributed by atoms with van der Waals surface area (Å²) in [7, 11) is 0. The highest BCUT2D eigenvalue weighted by Crippen LogP contribution is 2.32. The molecule has 4 heteroatoms. The third-order valence-electron chi connectivity index (χ3n) is 2.85. The van der Waals surface area contributed by atoms with Crippen molar-refractivity contribution in [3.63, 3.8) is 0 Å². The van der Waals surface area contributed by atoms with Crippen LogP contribution in [0.5, 0.6) is 11.5 Å². The molecule has 19 heavy (non-hydrogen) atoms. The smallest absolute Gasteiger partial charge is 0.136 e. The van der Waals surface area contributed by atoms with Crippen molar-refractivity contribution in [3.05, 3.63) is 59.3 Å². The quantitative estimate of drug-likeness (QED) is 0.714. The number of anilines is 1. The van der Waals surface area contributed by atoms with Gasteiger partial charge >= 0.3 is 0 Å². The molecule has 3 nitrogen and oxygen atoms in total. The Morgan fingerprint density at radius 1 is 0.947 bits per heavy atom. The number of nitrogens with zero attached hydrogens (tertiary/aromatic N) is 1. The van der Waals surface area contributed by atoms with Crippen LogP contribution < -0.4 is 10.5 Å². The summed E-state index contributed by atoms with van der Waals surface area (Å²) in [5.41, 5.74) is 6.67. The molecule has 0 spiro atoms. The molecule has 3 aromatic rings. The fourth-order valence-corrected chi connectivity index (χ4v) is 2.17. The molecule has 0 saturated carbocycles. The van der Waals surface area contributed by atoms with Gasteiger partial charge in [0.15, 0.2) is 0 Å². The molecule has 0 aliphatic carbocycles. The lowest BCUT2D eigenvalue weighted by Gasteiger charge is -2.10. The number of fused-ring (bicyclic) bond motifs is 1. The molecule has 0 atom stereocenters. The van der Waals surface area contributed by atoms with Crippen molar-refractivity contribution >= 4 is 32.4 Å². The van der Waals surface area contributed by atoms with Gasteiger partial charge < -0.3 is 10.5 Å². The van der Waals surface area contributed by atoms with E-state index in [0.717, 1.165) is 32.4 Å². The number of halogens is 1. The van der Waals surface area contributed by atoms with Gasteiger partial charge in [-0.2, -0.15) is 0 Å². The van der Waals surface area contributed by atoms with E-state index in [0.29, 0.717) is 0 Å². The van der Waals surface area contributed by atoms with E-state index in [2.05, 4.69) is 20.9 Å². The van der Waals surface area contributed by atoms with E-state index in [1.54, 1.807) is 12.4 Å². The second-order valence-corrected chi connectivity index (χ2v) is 5.05. The van der Waals surface area contributed by atoms with Gasteiger partial charge in [0.25, 0.3) is 0 Å². The Bertz CT molecular complexity index is 726. The molecule has 0 aliphatic heterocycles. The highest BCUT2D eigenvalue weighted by molar-refractivity contribution is 9.10. The summed E-state index contributed by atoms with van der Waals surface area (Å²) in [6.45, 7) is 0. The predicted molar refractivity (Wildman–Crippen MR) is 80.4 cm³/mol. The number of hydrogen-bond donors (Lipinski definition) is 1. The molecule has 0 saturated heterocycles. The number of ether oxygens (including phenoxy) is 1. The molecule has 0 bridgehead atoms. The maximum Gasteiger partial charge on any atom is 0.136 e. The van der Waals surface area contributed by atoms with E-state index < -0.39 is 0 Å².